The Morgan fingerprint density at radius 2 is 1.81 bits per heavy atom. The molecule has 2 amide bonds. The van der Waals surface area contributed by atoms with Crippen LogP contribution in [0.4, 0.5) is 16.2 Å². The zero-order valence-corrected chi connectivity index (χ0v) is 25.0. The van der Waals surface area contributed by atoms with E-state index in [0.717, 1.165) is 83.9 Å². The fourth-order valence-corrected chi connectivity index (χ4v) is 6.16. The van der Waals surface area contributed by atoms with Crippen LogP contribution in [-0.2, 0) is 24.1 Å². The third-order valence-corrected chi connectivity index (χ3v) is 8.38. The molecule has 0 saturated carbocycles. The van der Waals surface area contributed by atoms with Crippen LogP contribution in [0, 0.1) is 0 Å². The Kier molecular flexibility index (Phi) is 9.85. The number of hydrogen-bond acceptors (Lipinski definition) is 4. The van der Waals surface area contributed by atoms with Crippen molar-refractivity contribution >= 4 is 56.8 Å². The number of benzene rings is 2. The Hall–Kier alpha value is -3.78. The average molecular weight is 590 g/mol. The summed E-state index contributed by atoms with van der Waals surface area (Å²) in [5.41, 5.74) is 7.46. The molecular weight excluding hydrogens is 550 g/mol. The SMILES string of the molecule is CC(=O)NCCc1c[nH]c2ccc(N(CCCCCCCNc3c4c(nc5ccc(Cl)cc35)CCCC4)C(=O)O)cc12. The number of aryl methyl sites for hydroxylation is 1. The molecule has 0 atom stereocenters. The molecule has 1 aliphatic rings. The van der Waals surface area contributed by atoms with Crippen LogP contribution in [0.15, 0.2) is 42.6 Å². The number of halogens is 1. The van der Waals surface area contributed by atoms with Gasteiger partial charge in [-0.25, -0.2) is 4.79 Å². The number of anilines is 2. The molecule has 0 unspecified atom stereocenters. The number of carbonyl (C=O) groups excluding carboxylic acids is 1. The number of aromatic amines is 1. The monoisotopic (exact) mass is 589 g/mol. The number of amides is 2. The van der Waals surface area contributed by atoms with Gasteiger partial charge >= 0.3 is 6.09 Å². The largest absolute Gasteiger partial charge is 0.465 e. The van der Waals surface area contributed by atoms with Crippen LogP contribution in [0.3, 0.4) is 0 Å². The Morgan fingerprint density at radius 1 is 1.00 bits per heavy atom. The van der Waals surface area contributed by atoms with Crippen LogP contribution in [0.25, 0.3) is 21.8 Å². The highest BCUT2D eigenvalue weighted by atomic mass is 35.5. The molecule has 0 spiro atoms. The van der Waals surface area contributed by atoms with E-state index >= 15 is 0 Å². The van der Waals surface area contributed by atoms with Gasteiger partial charge in [0.05, 0.1) is 5.52 Å². The summed E-state index contributed by atoms with van der Waals surface area (Å²) in [6.45, 7) is 3.39. The highest BCUT2D eigenvalue weighted by Gasteiger charge is 2.19. The van der Waals surface area contributed by atoms with Gasteiger partial charge in [0.2, 0.25) is 5.91 Å². The number of aromatic nitrogens is 2. The second kappa shape index (κ2) is 13.9. The van der Waals surface area contributed by atoms with Gasteiger partial charge in [-0.05, 0) is 92.5 Å². The number of rotatable bonds is 13. The maximum atomic E-state index is 12.1. The summed E-state index contributed by atoms with van der Waals surface area (Å²) >= 11 is 6.33. The van der Waals surface area contributed by atoms with Crippen molar-refractivity contribution in [2.24, 2.45) is 0 Å². The highest BCUT2D eigenvalue weighted by molar-refractivity contribution is 6.31. The minimum absolute atomic E-state index is 0.0601. The standard InChI is InChI=1S/C33H40ClN5O3/c1-22(40)35-17-15-23-21-37-29-14-12-25(20-27(23)29)39(33(41)42)18-8-4-2-3-7-16-36-32-26-9-5-6-10-30(26)38-31-13-11-24(34)19-28(31)32/h11-14,19-21,37H,2-10,15-18H2,1H3,(H,35,40)(H,36,38)(H,41,42). The summed E-state index contributed by atoms with van der Waals surface area (Å²) < 4.78 is 0. The smallest absolute Gasteiger partial charge is 0.411 e. The van der Waals surface area contributed by atoms with Gasteiger partial charge in [0.1, 0.15) is 0 Å². The van der Waals surface area contributed by atoms with Crippen molar-refractivity contribution in [2.45, 2.75) is 71.1 Å². The van der Waals surface area contributed by atoms with Gasteiger partial charge in [0.25, 0.3) is 0 Å². The molecule has 9 heteroatoms. The van der Waals surface area contributed by atoms with Gasteiger partial charge in [0, 0.05) is 71.1 Å². The van der Waals surface area contributed by atoms with Crippen LogP contribution in [-0.4, -0.2) is 46.7 Å². The molecule has 0 bridgehead atoms. The summed E-state index contributed by atoms with van der Waals surface area (Å²) in [5.74, 6) is -0.0601. The number of pyridine rings is 1. The van der Waals surface area contributed by atoms with Crippen molar-refractivity contribution in [1.82, 2.24) is 15.3 Å². The summed E-state index contributed by atoms with van der Waals surface area (Å²) in [4.78, 5) is 32.9. The van der Waals surface area contributed by atoms with Crippen molar-refractivity contribution in [2.75, 3.05) is 29.9 Å². The number of carbonyl (C=O) groups is 2. The molecule has 4 aromatic rings. The molecule has 0 saturated heterocycles. The number of H-pyrrole nitrogens is 1. The first-order valence-corrected chi connectivity index (χ1v) is 15.5. The van der Waals surface area contributed by atoms with E-state index in [-0.39, 0.29) is 5.91 Å². The lowest BCUT2D eigenvalue weighted by molar-refractivity contribution is -0.118. The van der Waals surface area contributed by atoms with Crippen LogP contribution in [0.5, 0.6) is 0 Å². The Balaban J connectivity index is 1.10. The van der Waals surface area contributed by atoms with Crippen molar-refractivity contribution in [1.29, 1.82) is 0 Å². The topological polar surface area (TPSA) is 110 Å². The number of hydrogen-bond donors (Lipinski definition) is 4. The molecule has 42 heavy (non-hydrogen) atoms. The Bertz CT molecular complexity index is 1570. The lowest BCUT2D eigenvalue weighted by Crippen LogP contribution is -2.30. The maximum Gasteiger partial charge on any atom is 0.411 e. The molecule has 8 nitrogen and oxygen atoms in total. The Morgan fingerprint density at radius 3 is 2.64 bits per heavy atom. The number of carboxylic acid groups (broad SMARTS) is 1. The predicted molar refractivity (Wildman–Crippen MR) is 171 cm³/mol. The zero-order chi connectivity index (χ0) is 29.5. The summed E-state index contributed by atoms with van der Waals surface area (Å²) in [6, 6.07) is 11.7. The normalized spacial score (nSPS) is 12.8. The highest BCUT2D eigenvalue weighted by Crippen LogP contribution is 2.34. The average Bonchev–Trinajstić information content (AvgIpc) is 3.37. The minimum Gasteiger partial charge on any atom is -0.465 e. The van der Waals surface area contributed by atoms with E-state index in [2.05, 4.69) is 15.6 Å². The van der Waals surface area contributed by atoms with E-state index in [1.807, 2.05) is 42.6 Å². The van der Waals surface area contributed by atoms with Crippen LogP contribution < -0.4 is 15.5 Å². The number of nitrogens with one attached hydrogen (secondary N) is 3. The molecule has 222 valence electrons. The van der Waals surface area contributed by atoms with Crippen LogP contribution in [0.2, 0.25) is 5.02 Å². The van der Waals surface area contributed by atoms with Crippen molar-refractivity contribution < 1.29 is 14.7 Å². The first-order valence-electron chi connectivity index (χ1n) is 15.1. The second-order valence-corrected chi connectivity index (χ2v) is 11.6. The van der Waals surface area contributed by atoms with Gasteiger partial charge in [-0.15, -0.1) is 0 Å². The van der Waals surface area contributed by atoms with Crippen molar-refractivity contribution in [3.63, 3.8) is 0 Å². The summed E-state index contributed by atoms with van der Waals surface area (Å²) in [6.07, 6.45) is 11.1. The maximum absolute atomic E-state index is 12.1. The van der Waals surface area contributed by atoms with Gasteiger partial charge < -0.3 is 20.7 Å². The molecule has 0 aliphatic heterocycles. The van der Waals surface area contributed by atoms with E-state index in [1.165, 1.54) is 41.6 Å². The number of fused-ring (bicyclic) bond motifs is 3. The lowest BCUT2D eigenvalue weighted by Gasteiger charge is -2.22. The number of unbranched alkanes of at least 4 members (excludes halogenated alkanes) is 4. The first-order chi connectivity index (χ1) is 20.4. The van der Waals surface area contributed by atoms with Gasteiger partial charge in [-0.1, -0.05) is 30.9 Å². The molecule has 0 radical (unpaired) electrons. The second-order valence-electron chi connectivity index (χ2n) is 11.2. The molecule has 1 aliphatic carbocycles. The molecule has 5 rings (SSSR count). The minimum atomic E-state index is -0.943. The van der Waals surface area contributed by atoms with Gasteiger partial charge in [-0.3, -0.25) is 14.7 Å². The van der Waals surface area contributed by atoms with E-state index in [9.17, 15) is 14.7 Å². The van der Waals surface area contributed by atoms with E-state index < -0.39 is 6.09 Å². The van der Waals surface area contributed by atoms with Gasteiger partial charge in [0.15, 0.2) is 0 Å². The lowest BCUT2D eigenvalue weighted by atomic mass is 9.92. The van der Waals surface area contributed by atoms with Crippen molar-refractivity contribution in [3.05, 3.63) is 64.4 Å². The van der Waals surface area contributed by atoms with Crippen LogP contribution in [0.1, 0.15) is 68.7 Å². The van der Waals surface area contributed by atoms with E-state index in [1.54, 1.807) is 0 Å². The van der Waals surface area contributed by atoms with E-state index in [0.29, 0.717) is 25.2 Å². The number of nitrogens with zero attached hydrogens (tertiary/aromatic N) is 2. The predicted octanol–water partition coefficient (Wildman–Crippen LogP) is 7.47. The Labute approximate surface area is 251 Å². The third-order valence-electron chi connectivity index (χ3n) is 8.15. The van der Waals surface area contributed by atoms with Crippen molar-refractivity contribution in [3.8, 4) is 0 Å². The quantitative estimate of drug-likeness (QED) is 0.121. The summed E-state index contributed by atoms with van der Waals surface area (Å²) in [7, 11) is 0. The third kappa shape index (κ3) is 7.16. The molecule has 2 aromatic heterocycles. The molecule has 0 fully saturated rings. The molecule has 4 N–H and O–H groups in total. The zero-order valence-electron chi connectivity index (χ0n) is 24.3. The fourth-order valence-electron chi connectivity index (χ4n) is 5.99. The first kappa shape index (κ1) is 29.7. The fraction of sp³-hybridized carbons (Fsp3) is 0.424. The summed E-state index contributed by atoms with van der Waals surface area (Å²) in [5, 5.41) is 19.3. The van der Waals surface area contributed by atoms with Gasteiger partial charge in [-0.2, -0.15) is 0 Å². The van der Waals surface area contributed by atoms with Crippen LogP contribution >= 0.6 is 11.6 Å². The molecular formula is C33H40ClN5O3. The molecule has 2 heterocycles. The van der Waals surface area contributed by atoms with E-state index in [4.69, 9.17) is 16.6 Å². The molecule has 2 aromatic carbocycles.